The number of hydrogen-bond donors (Lipinski definition) is 0. The zero-order valence-electron chi connectivity index (χ0n) is 16.8. The highest BCUT2D eigenvalue weighted by Gasteiger charge is 2.65. The van der Waals surface area contributed by atoms with Gasteiger partial charge in [-0.1, -0.05) is 50.3 Å². The lowest BCUT2D eigenvalue weighted by Gasteiger charge is -2.41. The fourth-order valence-electron chi connectivity index (χ4n) is 6.55. The summed E-state index contributed by atoms with van der Waals surface area (Å²) in [6.45, 7) is 5.29. The van der Waals surface area contributed by atoms with Crippen molar-refractivity contribution in [2.45, 2.75) is 51.4 Å². The predicted octanol–water partition coefficient (Wildman–Crippen LogP) is 3.77. The van der Waals surface area contributed by atoms with Crippen LogP contribution in [-0.4, -0.2) is 37.3 Å². The van der Waals surface area contributed by atoms with Crippen molar-refractivity contribution in [1.29, 1.82) is 0 Å². The first-order chi connectivity index (χ1) is 13.2. The lowest BCUT2D eigenvalue weighted by Crippen LogP contribution is -2.50. The number of rotatable bonds is 3. The Bertz CT molecular complexity index is 969. The lowest BCUT2D eigenvalue weighted by molar-refractivity contribution is -0.128. The molecule has 4 nitrogen and oxygen atoms in total. The highest BCUT2D eigenvalue weighted by Crippen LogP contribution is 2.64. The maximum absolute atomic E-state index is 13.4. The monoisotopic (exact) mass is 399 g/mol. The summed E-state index contributed by atoms with van der Waals surface area (Å²) in [5.41, 5.74) is 1.68. The standard InChI is InChI=1S/C23H29NO3S/c1-21(2)18-8-10-23(21,20(25)15-18)16-28(26,27)24-13-11-22(12-14-24)9-7-17-5-3-4-6-19(17)22/h3-7,9,18H,8,10-16H2,1-2H3/t18-,23-/m0/s1. The first-order valence-corrected chi connectivity index (χ1v) is 12.1. The molecule has 2 atom stereocenters. The molecule has 0 aromatic heterocycles. The number of allylic oxidation sites excluding steroid dienone is 1. The van der Waals surface area contributed by atoms with Crippen LogP contribution in [0.1, 0.15) is 57.1 Å². The van der Waals surface area contributed by atoms with Crippen LogP contribution in [0.25, 0.3) is 6.08 Å². The topological polar surface area (TPSA) is 54.5 Å². The Morgan fingerprint density at radius 1 is 1.11 bits per heavy atom. The Hall–Kier alpha value is -1.46. The van der Waals surface area contributed by atoms with Gasteiger partial charge in [-0.15, -0.1) is 0 Å². The van der Waals surface area contributed by atoms with E-state index in [-0.39, 0.29) is 22.4 Å². The number of piperidine rings is 1. The largest absolute Gasteiger partial charge is 0.299 e. The van der Waals surface area contributed by atoms with Gasteiger partial charge in [0.2, 0.25) is 10.0 Å². The van der Waals surface area contributed by atoms with Crippen LogP contribution >= 0.6 is 0 Å². The van der Waals surface area contributed by atoms with Crippen molar-refractivity contribution in [3.63, 3.8) is 0 Å². The third kappa shape index (κ3) is 2.32. The molecule has 2 saturated carbocycles. The van der Waals surface area contributed by atoms with Gasteiger partial charge in [-0.2, -0.15) is 0 Å². The molecule has 1 spiro atoms. The Balaban J connectivity index is 1.36. The van der Waals surface area contributed by atoms with Crippen LogP contribution in [-0.2, 0) is 20.2 Å². The number of hydrogen-bond acceptors (Lipinski definition) is 3. The third-order valence-electron chi connectivity index (χ3n) is 8.66. The van der Waals surface area contributed by atoms with Gasteiger partial charge >= 0.3 is 0 Å². The minimum atomic E-state index is -3.45. The van der Waals surface area contributed by atoms with Crippen molar-refractivity contribution in [3.05, 3.63) is 41.5 Å². The summed E-state index contributed by atoms with van der Waals surface area (Å²) >= 11 is 0. The molecule has 5 rings (SSSR count). The van der Waals surface area contributed by atoms with E-state index in [1.54, 1.807) is 4.31 Å². The molecule has 1 saturated heterocycles. The van der Waals surface area contributed by atoms with Crippen molar-refractivity contribution in [1.82, 2.24) is 4.31 Å². The van der Waals surface area contributed by atoms with Gasteiger partial charge in [0.1, 0.15) is 5.78 Å². The van der Waals surface area contributed by atoms with Crippen LogP contribution in [0, 0.1) is 16.7 Å². The zero-order valence-corrected chi connectivity index (χ0v) is 17.6. The second-order valence-electron chi connectivity index (χ2n) is 9.90. The van der Waals surface area contributed by atoms with Crippen molar-refractivity contribution >= 4 is 21.9 Å². The molecular weight excluding hydrogens is 370 g/mol. The van der Waals surface area contributed by atoms with Crippen LogP contribution in [0.5, 0.6) is 0 Å². The van der Waals surface area contributed by atoms with Crippen molar-refractivity contribution < 1.29 is 13.2 Å². The average molecular weight is 400 g/mol. The second kappa shape index (κ2) is 5.79. The Kier molecular flexibility index (Phi) is 3.84. The molecule has 3 aliphatic carbocycles. The number of carbonyl (C=O) groups excluding carboxylic acids is 1. The molecule has 5 heteroatoms. The van der Waals surface area contributed by atoms with Crippen LogP contribution in [0.15, 0.2) is 30.3 Å². The number of benzene rings is 1. The number of ketones is 1. The maximum Gasteiger partial charge on any atom is 0.215 e. The molecule has 150 valence electrons. The smallest absolute Gasteiger partial charge is 0.215 e. The first kappa shape index (κ1) is 18.6. The van der Waals surface area contributed by atoms with Crippen LogP contribution in [0.2, 0.25) is 0 Å². The van der Waals surface area contributed by atoms with Crippen molar-refractivity contribution in [3.8, 4) is 0 Å². The van der Waals surface area contributed by atoms with Gasteiger partial charge in [-0.3, -0.25) is 4.79 Å². The summed E-state index contributed by atoms with van der Waals surface area (Å²) in [5.74, 6) is 0.528. The average Bonchev–Trinajstić information content (AvgIpc) is 3.19. The first-order valence-electron chi connectivity index (χ1n) is 10.5. The van der Waals surface area contributed by atoms with E-state index < -0.39 is 15.4 Å². The maximum atomic E-state index is 13.4. The molecule has 1 heterocycles. The summed E-state index contributed by atoms with van der Waals surface area (Å²) in [4.78, 5) is 12.8. The molecule has 1 aromatic rings. The number of Topliss-reactive ketones (excluding diaryl/α,β-unsaturated/α-hetero) is 1. The SMILES string of the molecule is CC1(C)[C@H]2CC[C@]1(CS(=O)(=O)N1CCC3(C=Cc4ccccc43)CC1)C(=O)C2. The van der Waals surface area contributed by atoms with Crippen LogP contribution in [0.4, 0.5) is 0 Å². The molecule has 0 N–H and O–H groups in total. The van der Waals surface area contributed by atoms with Crippen LogP contribution in [0.3, 0.4) is 0 Å². The molecular formula is C23H29NO3S. The Labute approximate surface area is 168 Å². The summed E-state index contributed by atoms with van der Waals surface area (Å²) in [6.07, 6.45) is 8.35. The third-order valence-corrected chi connectivity index (χ3v) is 10.7. The fraction of sp³-hybridized carbons (Fsp3) is 0.609. The highest BCUT2D eigenvalue weighted by atomic mass is 32.2. The molecule has 3 fully saturated rings. The minimum absolute atomic E-state index is 0.00175. The summed E-state index contributed by atoms with van der Waals surface area (Å²) in [7, 11) is -3.45. The van der Waals surface area contributed by atoms with E-state index in [0.717, 1.165) is 25.7 Å². The zero-order chi connectivity index (χ0) is 19.8. The van der Waals surface area contributed by atoms with E-state index in [0.29, 0.717) is 25.4 Å². The molecule has 1 aliphatic heterocycles. The molecule has 2 bridgehead atoms. The van der Waals surface area contributed by atoms with Gasteiger partial charge < -0.3 is 0 Å². The van der Waals surface area contributed by atoms with Gasteiger partial charge in [0, 0.05) is 30.3 Å². The fourth-order valence-corrected chi connectivity index (χ4v) is 8.77. The Morgan fingerprint density at radius 3 is 2.46 bits per heavy atom. The van der Waals surface area contributed by atoms with E-state index in [1.165, 1.54) is 11.1 Å². The molecule has 0 unspecified atom stereocenters. The molecule has 28 heavy (non-hydrogen) atoms. The summed E-state index contributed by atoms with van der Waals surface area (Å²) < 4.78 is 28.4. The van der Waals surface area contributed by atoms with Crippen molar-refractivity contribution in [2.75, 3.05) is 18.8 Å². The second-order valence-corrected chi connectivity index (χ2v) is 11.9. The van der Waals surface area contributed by atoms with Gasteiger partial charge in [-0.05, 0) is 48.1 Å². The minimum Gasteiger partial charge on any atom is -0.299 e. The number of carbonyl (C=O) groups is 1. The normalized spacial score (nSPS) is 32.9. The number of sulfonamides is 1. The Morgan fingerprint density at radius 2 is 1.82 bits per heavy atom. The predicted molar refractivity (Wildman–Crippen MR) is 110 cm³/mol. The van der Waals surface area contributed by atoms with E-state index in [4.69, 9.17) is 0 Å². The van der Waals surface area contributed by atoms with Gasteiger partial charge in [0.05, 0.1) is 5.75 Å². The molecule has 1 aromatic carbocycles. The van der Waals surface area contributed by atoms with Crippen molar-refractivity contribution in [2.24, 2.45) is 16.7 Å². The van der Waals surface area contributed by atoms with Crippen LogP contribution < -0.4 is 0 Å². The van der Waals surface area contributed by atoms with Gasteiger partial charge in [-0.25, -0.2) is 12.7 Å². The molecule has 0 radical (unpaired) electrons. The quantitative estimate of drug-likeness (QED) is 0.777. The summed E-state index contributed by atoms with van der Waals surface area (Å²) in [6, 6.07) is 8.43. The molecule has 4 aliphatic rings. The molecule has 0 amide bonds. The lowest BCUT2D eigenvalue weighted by atomic mass is 9.70. The van der Waals surface area contributed by atoms with E-state index in [2.05, 4.69) is 50.3 Å². The number of fused-ring (bicyclic) bond motifs is 4. The summed E-state index contributed by atoms with van der Waals surface area (Å²) in [5, 5.41) is 0. The number of nitrogens with zero attached hydrogens (tertiary/aromatic N) is 1. The van der Waals surface area contributed by atoms with E-state index in [9.17, 15) is 13.2 Å². The highest BCUT2D eigenvalue weighted by molar-refractivity contribution is 7.89. The van der Waals surface area contributed by atoms with E-state index >= 15 is 0 Å². The van der Waals surface area contributed by atoms with Gasteiger partial charge in [0.15, 0.2) is 0 Å². The van der Waals surface area contributed by atoms with E-state index in [1.807, 2.05) is 0 Å². The van der Waals surface area contributed by atoms with Gasteiger partial charge in [0.25, 0.3) is 0 Å².